The van der Waals surface area contributed by atoms with E-state index in [1.807, 2.05) is 42.6 Å². The van der Waals surface area contributed by atoms with E-state index in [1.165, 1.54) is 11.1 Å². The van der Waals surface area contributed by atoms with Gasteiger partial charge in [-0.2, -0.15) is 8.42 Å². The highest BCUT2D eigenvalue weighted by atomic mass is 32.2. The average molecular weight is 588 g/mol. The SMILES string of the molecule is CCCCc1cccnc1-c1ccc2c(c1)Sc1ccc(-c3ncccc3CCCC)cc1N2C(CC)S(=O)(=O)O. The summed E-state index contributed by atoms with van der Waals surface area (Å²) in [7, 11) is -4.39. The van der Waals surface area contributed by atoms with E-state index in [0.29, 0.717) is 0 Å². The smallest absolute Gasteiger partial charge is 0.286 e. The highest BCUT2D eigenvalue weighted by molar-refractivity contribution is 7.99. The number of nitrogens with zero attached hydrogens (tertiary/aromatic N) is 3. The molecule has 5 rings (SSSR count). The summed E-state index contributed by atoms with van der Waals surface area (Å²) in [5, 5.41) is -1.12. The van der Waals surface area contributed by atoms with Crippen LogP contribution in [-0.2, 0) is 23.0 Å². The van der Waals surface area contributed by atoms with Gasteiger partial charge in [0, 0.05) is 33.3 Å². The van der Waals surface area contributed by atoms with Crippen molar-refractivity contribution >= 4 is 33.3 Å². The van der Waals surface area contributed by atoms with Gasteiger partial charge in [-0.1, -0.05) is 69.6 Å². The Morgan fingerprint density at radius 2 is 1.37 bits per heavy atom. The van der Waals surface area contributed by atoms with Crippen LogP contribution in [0, 0.1) is 0 Å². The molecule has 0 spiro atoms. The molecule has 2 aromatic carbocycles. The first-order valence-corrected chi connectivity index (χ1v) is 16.8. The molecule has 0 bridgehead atoms. The van der Waals surface area contributed by atoms with Crippen LogP contribution in [0.25, 0.3) is 22.5 Å². The fourth-order valence-corrected chi connectivity index (χ4v) is 7.51. The number of benzene rings is 2. The summed E-state index contributed by atoms with van der Waals surface area (Å²) in [6.45, 7) is 6.14. The number of hydrogen-bond donors (Lipinski definition) is 1. The first-order chi connectivity index (χ1) is 19.9. The van der Waals surface area contributed by atoms with E-state index in [2.05, 4.69) is 38.1 Å². The maximum atomic E-state index is 12.7. The molecule has 1 aliphatic rings. The second-order valence-electron chi connectivity index (χ2n) is 10.4. The second-order valence-corrected chi connectivity index (χ2v) is 13.1. The summed E-state index contributed by atoms with van der Waals surface area (Å²) in [6.07, 6.45) is 10.1. The van der Waals surface area contributed by atoms with E-state index in [9.17, 15) is 13.0 Å². The van der Waals surface area contributed by atoms with Gasteiger partial charge in [-0.15, -0.1) is 0 Å². The lowest BCUT2D eigenvalue weighted by atomic mass is 10.00. The molecule has 8 heteroatoms. The van der Waals surface area contributed by atoms with Gasteiger partial charge in [-0.05, 0) is 79.6 Å². The molecule has 41 heavy (non-hydrogen) atoms. The van der Waals surface area contributed by atoms with E-state index in [0.717, 1.165) is 82.2 Å². The molecule has 3 heterocycles. The molecule has 0 fully saturated rings. The Hall–Kier alpha value is -3.20. The molecule has 214 valence electrons. The molecule has 0 aliphatic carbocycles. The lowest BCUT2D eigenvalue weighted by Crippen LogP contribution is -2.38. The quantitative estimate of drug-likeness (QED) is 0.176. The predicted molar refractivity (Wildman–Crippen MR) is 168 cm³/mol. The molecule has 6 nitrogen and oxygen atoms in total. The van der Waals surface area contributed by atoms with Gasteiger partial charge in [0.05, 0.1) is 22.8 Å². The maximum absolute atomic E-state index is 12.7. The van der Waals surface area contributed by atoms with Crippen LogP contribution in [0.5, 0.6) is 0 Å². The van der Waals surface area contributed by atoms with Crippen LogP contribution < -0.4 is 4.90 Å². The molecule has 1 N–H and O–H groups in total. The van der Waals surface area contributed by atoms with Crippen molar-refractivity contribution in [1.82, 2.24) is 9.97 Å². The van der Waals surface area contributed by atoms with Crippen molar-refractivity contribution in [2.45, 2.75) is 80.9 Å². The topological polar surface area (TPSA) is 83.4 Å². The van der Waals surface area contributed by atoms with Crippen molar-refractivity contribution in [2.75, 3.05) is 4.90 Å². The molecule has 1 unspecified atom stereocenters. The van der Waals surface area contributed by atoms with Gasteiger partial charge in [0.1, 0.15) is 0 Å². The first-order valence-electron chi connectivity index (χ1n) is 14.5. The van der Waals surface area contributed by atoms with Crippen LogP contribution in [-0.4, -0.2) is 28.3 Å². The minimum absolute atomic E-state index is 0.223. The number of aromatic nitrogens is 2. The van der Waals surface area contributed by atoms with Crippen LogP contribution in [0.2, 0.25) is 0 Å². The van der Waals surface area contributed by atoms with Gasteiger partial charge in [-0.3, -0.25) is 14.5 Å². The summed E-state index contributed by atoms with van der Waals surface area (Å²) in [5.41, 5.74) is 7.67. The standard InChI is InChI=1S/C33H37N3O3S2/c1-4-7-11-23-13-9-19-34-32(23)25-16-18-29-28(21-25)36(31(6-3)41(37,38)39)27-17-15-26(22-30(27)40-29)33-24(12-8-5-2)14-10-20-35-33/h9-10,13-22,31H,4-8,11-12H2,1-3H3,(H,37,38,39). The van der Waals surface area contributed by atoms with Crippen molar-refractivity contribution in [3.8, 4) is 22.5 Å². The van der Waals surface area contributed by atoms with Crippen LogP contribution in [0.3, 0.4) is 0 Å². The molecule has 1 aliphatic heterocycles. The Morgan fingerprint density at radius 1 is 0.780 bits per heavy atom. The minimum atomic E-state index is -4.39. The Kier molecular flexibility index (Phi) is 9.12. The zero-order chi connectivity index (χ0) is 29.0. The number of unbranched alkanes of at least 4 members (excludes halogenated alkanes) is 2. The van der Waals surface area contributed by atoms with Gasteiger partial charge in [-0.25, -0.2) is 0 Å². The van der Waals surface area contributed by atoms with E-state index in [-0.39, 0.29) is 6.42 Å². The van der Waals surface area contributed by atoms with Gasteiger partial charge in [0.15, 0.2) is 5.37 Å². The monoisotopic (exact) mass is 587 g/mol. The molecular formula is C33H37N3O3S2. The van der Waals surface area contributed by atoms with Gasteiger partial charge in [0.25, 0.3) is 10.1 Å². The molecule has 0 radical (unpaired) electrons. The first kappa shape index (κ1) is 29.3. The summed E-state index contributed by atoms with van der Waals surface area (Å²) in [4.78, 5) is 13.1. The Labute approximate surface area is 248 Å². The normalized spacial score (nSPS) is 13.5. The summed E-state index contributed by atoms with van der Waals surface area (Å²) in [5.74, 6) is 0. The number of rotatable bonds is 11. The Bertz CT molecular complexity index is 1640. The van der Waals surface area contributed by atoms with Crippen LogP contribution >= 0.6 is 11.8 Å². The molecule has 0 amide bonds. The molecule has 4 aromatic rings. The van der Waals surface area contributed by atoms with Crippen molar-refractivity contribution in [1.29, 1.82) is 0 Å². The van der Waals surface area contributed by atoms with E-state index in [1.54, 1.807) is 29.8 Å². The van der Waals surface area contributed by atoms with E-state index in [4.69, 9.17) is 9.97 Å². The lowest BCUT2D eigenvalue weighted by Gasteiger charge is -2.37. The second kappa shape index (κ2) is 12.8. The summed E-state index contributed by atoms with van der Waals surface area (Å²) < 4.78 is 35.8. The fourth-order valence-electron chi connectivity index (χ4n) is 5.50. The predicted octanol–water partition coefficient (Wildman–Crippen LogP) is 8.72. The zero-order valence-electron chi connectivity index (χ0n) is 23.9. The largest absolute Gasteiger partial charge is 0.320 e. The highest BCUT2D eigenvalue weighted by Gasteiger charge is 2.36. The fraction of sp³-hybridized carbons (Fsp3) is 0.333. The molecule has 0 saturated heterocycles. The van der Waals surface area contributed by atoms with Gasteiger partial charge in [0.2, 0.25) is 0 Å². The van der Waals surface area contributed by atoms with Crippen LogP contribution in [0.4, 0.5) is 11.4 Å². The third-order valence-electron chi connectivity index (χ3n) is 7.57. The third kappa shape index (κ3) is 6.20. The maximum Gasteiger partial charge on any atom is 0.286 e. The zero-order valence-corrected chi connectivity index (χ0v) is 25.5. The van der Waals surface area contributed by atoms with Crippen molar-refractivity contribution < 1.29 is 13.0 Å². The van der Waals surface area contributed by atoms with Crippen molar-refractivity contribution in [3.05, 3.63) is 84.2 Å². The molecule has 0 saturated carbocycles. The third-order valence-corrected chi connectivity index (χ3v) is 9.91. The molecule has 1 atom stereocenters. The lowest BCUT2D eigenvalue weighted by molar-refractivity contribution is 0.464. The number of hydrogen-bond acceptors (Lipinski definition) is 6. The summed E-state index contributed by atoms with van der Waals surface area (Å²) >= 11 is 1.61. The minimum Gasteiger partial charge on any atom is -0.320 e. The van der Waals surface area contributed by atoms with Crippen LogP contribution in [0.1, 0.15) is 64.0 Å². The van der Waals surface area contributed by atoms with E-state index < -0.39 is 15.5 Å². The molecule has 2 aromatic heterocycles. The number of anilines is 2. The van der Waals surface area contributed by atoms with Crippen LogP contribution in [0.15, 0.2) is 82.8 Å². The summed E-state index contributed by atoms with van der Waals surface area (Å²) in [6, 6.07) is 20.4. The van der Waals surface area contributed by atoms with Gasteiger partial charge < -0.3 is 4.90 Å². The van der Waals surface area contributed by atoms with E-state index >= 15 is 0 Å². The van der Waals surface area contributed by atoms with Crippen molar-refractivity contribution in [3.63, 3.8) is 0 Å². The number of pyridine rings is 2. The number of fused-ring (bicyclic) bond motifs is 2. The van der Waals surface area contributed by atoms with Gasteiger partial charge >= 0.3 is 0 Å². The Morgan fingerprint density at radius 3 is 1.93 bits per heavy atom. The number of aryl methyl sites for hydroxylation is 2. The highest BCUT2D eigenvalue weighted by Crippen LogP contribution is 2.52. The Balaban J connectivity index is 1.63. The average Bonchev–Trinajstić information content (AvgIpc) is 2.98. The van der Waals surface area contributed by atoms with Crippen molar-refractivity contribution in [2.24, 2.45) is 0 Å². The molecular weight excluding hydrogens is 551 g/mol.